The highest BCUT2D eigenvalue weighted by molar-refractivity contribution is 5.76. The van der Waals surface area contributed by atoms with Gasteiger partial charge in [0.1, 0.15) is 0 Å². The number of carbonyl (C=O) groups excluding carboxylic acids is 1. The van der Waals surface area contributed by atoms with E-state index >= 15 is 0 Å². The van der Waals surface area contributed by atoms with Gasteiger partial charge in [0.2, 0.25) is 5.91 Å². The van der Waals surface area contributed by atoms with Crippen LogP contribution in [0.4, 0.5) is 0 Å². The normalized spacial score (nSPS) is 14.6. The van der Waals surface area contributed by atoms with Crippen LogP contribution < -0.4 is 11.1 Å². The number of hydrogen-bond donors (Lipinski definition) is 3. The molecule has 0 saturated heterocycles. The highest BCUT2D eigenvalue weighted by Crippen LogP contribution is 2.23. The van der Waals surface area contributed by atoms with Crippen LogP contribution in [0.2, 0.25) is 0 Å². The first-order chi connectivity index (χ1) is 8.51. The molecule has 0 aliphatic heterocycles. The molecule has 0 bridgehead atoms. The van der Waals surface area contributed by atoms with E-state index in [-0.39, 0.29) is 5.91 Å². The Morgan fingerprint density at radius 2 is 1.74 bits per heavy atom. The molecule has 0 aliphatic rings. The second kappa shape index (κ2) is 7.25. The van der Waals surface area contributed by atoms with Gasteiger partial charge < -0.3 is 16.2 Å². The molecule has 0 rings (SSSR count). The fourth-order valence-electron chi connectivity index (χ4n) is 1.91. The Labute approximate surface area is 118 Å². The Hall–Kier alpha value is -0.610. The third kappa shape index (κ3) is 6.39. The summed E-state index contributed by atoms with van der Waals surface area (Å²) in [5.41, 5.74) is 4.02. The van der Waals surface area contributed by atoms with E-state index in [9.17, 15) is 9.90 Å². The monoisotopic (exact) mass is 272 g/mol. The second-order valence-electron chi connectivity index (χ2n) is 6.85. The van der Waals surface area contributed by atoms with Crippen molar-refractivity contribution >= 4 is 5.91 Å². The molecule has 0 radical (unpaired) electrons. The van der Waals surface area contributed by atoms with E-state index in [1.165, 1.54) is 0 Å². The van der Waals surface area contributed by atoms with Gasteiger partial charge in [0.05, 0.1) is 11.1 Å². The SMILES string of the molecule is CC(C)C(CCN)CCC(=O)NC(C)(C)C(C)(C)O. The average Bonchev–Trinajstić information content (AvgIpc) is 2.21. The van der Waals surface area contributed by atoms with Crippen LogP contribution in [0.25, 0.3) is 0 Å². The maximum atomic E-state index is 12.0. The molecule has 0 aromatic heterocycles. The number of hydrogen-bond acceptors (Lipinski definition) is 3. The van der Waals surface area contributed by atoms with Crippen molar-refractivity contribution in [3.05, 3.63) is 0 Å². The van der Waals surface area contributed by atoms with E-state index in [2.05, 4.69) is 19.2 Å². The van der Waals surface area contributed by atoms with E-state index in [1.54, 1.807) is 13.8 Å². The highest BCUT2D eigenvalue weighted by Gasteiger charge is 2.36. The van der Waals surface area contributed by atoms with E-state index in [4.69, 9.17) is 5.73 Å². The molecular weight excluding hydrogens is 240 g/mol. The average molecular weight is 272 g/mol. The quantitative estimate of drug-likeness (QED) is 0.633. The minimum absolute atomic E-state index is 0.00482. The second-order valence-corrected chi connectivity index (χ2v) is 6.85. The number of nitrogens with one attached hydrogen (secondary N) is 1. The van der Waals surface area contributed by atoms with Gasteiger partial charge in [-0.15, -0.1) is 0 Å². The van der Waals surface area contributed by atoms with Crippen molar-refractivity contribution in [3.63, 3.8) is 0 Å². The van der Waals surface area contributed by atoms with Gasteiger partial charge in [0.25, 0.3) is 0 Å². The minimum Gasteiger partial charge on any atom is -0.388 e. The Kier molecular flexibility index (Phi) is 7.01. The number of carbonyl (C=O) groups is 1. The predicted octanol–water partition coefficient (Wildman–Crippen LogP) is 2.05. The summed E-state index contributed by atoms with van der Waals surface area (Å²) >= 11 is 0. The lowest BCUT2D eigenvalue weighted by molar-refractivity contribution is -0.126. The molecule has 0 aliphatic carbocycles. The molecule has 0 heterocycles. The van der Waals surface area contributed by atoms with Gasteiger partial charge in [0, 0.05) is 6.42 Å². The van der Waals surface area contributed by atoms with Crippen LogP contribution in [0.3, 0.4) is 0 Å². The lowest BCUT2D eigenvalue weighted by Crippen LogP contribution is -2.57. The molecular formula is C15H32N2O2. The van der Waals surface area contributed by atoms with Crippen molar-refractivity contribution in [1.82, 2.24) is 5.32 Å². The Morgan fingerprint density at radius 1 is 1.21 bits per heavy atom. The summed E-state index contributed by atoms with van der Waals surface area (Å²) in [5, 5.41) is 12.9. The molecule has 0 spiro atoms. The minimum atomic E-state index is -0.947. The van der Waals surface area contributed by atoms with Crippen LogP contribution in [0.5, 0.6) is 0 Å². The summed E-state index contributed by atoms with van der Waals surface area (Å²) in [4.78, 5) is 12.0. The molecule has 1 amide bonds. The first-order valence-electron chi connectivity index (χ1n) is 7.24. The lowest BCUT2D eigenvalue weighted by Gasteiger charge is -2.38. The summed E-state index contributed by atoms with van der Waals surface area (Å²) in [5.74, 6) is 1.02. The Bertz CT molecular complexity index is 280. The van der Waals surface area contributed by atoms with Crippen LogP contribution in [0.15, 0.2) is 0 Å². The number of rotatable bonds is 8. The Morgan fingerprint density at radius 3 is 2.11 bits per heavy atom. The molecule has 0 aromatic rings. The van der Waals surface area contributed by atoms with Crippen LogP contribution >= 0.6 is 0 Å². The molecule has 4 nitrogen and oxygen atoms in total. The summed E-state index contributed by atoms with van der Waals surface area (Å²) in [7, 11) is 0. The summed E-state index contributed by atoms with van der Waals surface area (Å²) < 4.78 is 0. The van der Waals surface area contributed by atoms with Gasteiger partial charge in [-0.05, 0) is 58.9 Å². The largest absolute Gasteiger partial charge is 0.388 e. The molecule has 4 N–H and O–H groups in total. The van der Waals surface area contributed by atoms with Crippen LogP contribution in [-0.2, 0) is 4.79 Å². The zero-order chi connectivity index (χ0) is 15.3. The number of nitrogens with two attached hydrogens (primary N) is 1. The summed E-state index contributed by atoms with van der Waals surface area (Å²) in [6, 6.07) is 0. The Balaban J connectivity index is 4.32. The number of amides is 1. The third-order valence-electron chi connectivity index (χ3n) is 4.20. The van der Waals surface area contributed by atoms with Crippen molar-refractivity contribution in [2.45, 2.75) is 71.9 Å². The first kappa shape index (κ1) is 18.4. The van der Waals surface area contributed by atoms with Gasteiger partial charge in [0.15, 0.2) is 0 Å². The number of aliphatic hydroxyl groups is 1. The van der Waals surface area contributed by atoms with Crippen LogP contribution in [-0.4, -0.2) is 28.7 Å². The van der Waals surface area contributed by atoms with Crippen molar-refractivity contribution in [2.24, 2.45) is 17.6 Å². The van der Waals surface area contributed by atoms with Gasteiger partial charge >= 0.3 is 0 Å². The molecule has 1 atom stereocenters. The van der Waals surface area contributed by atoms with Gasteiger partial charge in [-0.3, -0.25) is 4.79 Å². The fraction of sp³-hybridized carbons (Fsp3) is 0.933. The zero-order valence-corrected chi connectivity index (χ0v) is 13.4. The first-order valence-corrected chi connectivity index (χ1v) is 7.24. The standard InChI is InChI=1S/C15H32N2O2/c1-11(2)12(9-10-16)7-8-13(18)17-14(3,4)15(5,6)19/h11-12,19H,7-10,16H2,1-6H3,(H,17,18). The van der Waals surface area contributed by atoms with Crippen molar-refractivity contribution in [3.8, 4) is 0 Å². The van der Waals surface area contributed by atoms with Crippen molar-refractivity contribution < 1.29 is 9.90 Å². The van der Waals surface area contributed by atoms with E-state index in [0.29, 0.717) is 24.8 Å². The van der Waals surface area contributed by atoms with E-state index in [1.807, 2.05) is 13.8 Å². The van der Waals surface area contributed by atoms with Crippen molar-refractivity contribution in [1.29, 1.82) is 0 Å². The maximum absolute atomic E-state index is 12.0. The summed E-state index contributed by atoms with van der Waals surface area (Å²) in [6.45, 7) is 12.1. The smallest absolute Gasteiger partial charge is 0.220 e. The van der Waals surface area contributed by atoms with E-state index in [0.717, 1.165) is 12.8 Å². The highest BCUT2D eigenvalue weighted by atomic mass is 16.3. The zero-order valence-electron chi connectivity index (χ0n) is 13.4. The molecule has 4 heteroatoms. The predicted molar refractivity (Wildman–Crippen MR) is 79.8 cm³/mol. The van der Waals surface area contributed by atoms with Gasteiger partial charge in [-0.2, -0.15) is 0 Å². The molecule has 114 valence electrons. The van der Waals surface area contributed by atoms with Gasteiger partial charge in [-0.1, -0.05) is 13.8 Å². The topological polar surface area (TPSA) is 75.4 Å². The third-order valence-corrected chi connectivity index (χ3v) is 4.20. The summed E-state index contributed by atoms with van der Waals surface area (Å²) in [6.07, 6.45) is 2.30. The fourth-order valence-corrected chi connectivity index (χ4v) is 1.91. The lowest BCUT2D eigenvalue weighted by atomic mass is 9.85. The molecule has 19 heavy (non-hydrogen) atoms. The molecule has 0 aromatic carbocycles. The molecule has 1 unspecified atom stereocenters. The van der Waals surface area contributed by atoms with E-state index < -0.39 is 11.1 Å². The van der Waals surface area contributed by atoms with Crippen molar-refractivity contribution in [2.75, 3.05) is 6.54 Å². The van der Waals surface area contributed by atoms with Crippen LogP contribution in [0, 0.1) is 11.8 Å². The molecule has 0 saturated carbocycles. The van der Waals surface area contributed by atoms with Crippen LogP contribution in [0.1, 0.15) is 60.8 Å². The molecule has 0 fully saturated rings. The van der Waals surface area contributed by atoms with Gasteiger partial charge in [-0.25, -0.2) is 0 Å². The maximum Gasteiger partial charge on any atom is 0.220 e.